The number of hydrogen-bond donors (Lipinski definition) is 0. The van der Waals surface area contributed by atoms with E-state index < -0.39 is 43.1 Å². The minimum Gasteiger partial charge on any atom is -0.611 e. The SMILES string of the molecule is CCOC(=O)C(/C(=C(\[O-])OCC)[P+](c1ccccc1)(c1ccccc1)c1ccccc1)N1C(=O)C(=O)N(C)C1=O. The molecule has 0 saturated carbocycles. The van der Waals surface area contributed by atoms with Gasteiger partial charge in [0.15, 0.2) is 6.04 Å². The van der Waals surface area contributed by atoms with E-state index in [1.165, 1.54) is 0 Å². The van der Waals surface area contributed by atoms with Crippen molar-refractivity contribution in [3.8, 4) is 0 Å². The molecule has 1 unspecified atom stereocenters. The third-order valence-corrected chi connectivity index (χ3v) is 10.9. The van der Waals surface area contributed by atoms with Crippen LogP contribution >= 0.6 is 7.26 Å². The van der Waals surface area contributed by atoms with Crippen LogP contribution in [0.15, 0.2) is 102 Å². The fourth-order valence-corrected chi connectivity index (χ4v) is 9.34. The average Bonchev–Trinajstić information content (AvgIpc) is 3.17. The Bertz CT molecular complexity index is 1330. The summed E-state index contributed by atoms with van der Waals surface area (Å²) in [4.78, 5) is 54.2. The summed E-state index contributed by atoms with van der Waals surface area (Å²) in [6, 6.07) is 24.4. The van der Waals surface area contributed by atoms with E-state index >= 15 is 0 Å². The Hall–Kier alpha value is -4.49. The van der Waals surface area contributed by atoms with Crippen molar-refractivity contribution in [2.75, 3.05) is 20.3 Å². The lowest BCUT2D eigenvalue weighted by Gasteiger charge is -2.36. The number of rotatable bonds is 10. The number of likely N-dealkylation sites (N-methyl/N-ethyl adjacent to an activating group) is 1. The molecule has 3 aromatic rings. The van der Waals surface area contributed by atoms with Gasteiger partial charge in [-0.15, -0.1) is 0 Å². The first-order chi connectivity index (χ1) is 19.3. The molecule has 1 saturated heterocycles. The van der Waals surface area contributed by atoms with Crippen molar-refractivity contribution in [3.63, 3.8) is 0 Å². The second-order valence-corrected chi connectivity index (χ2v) is 12.1. The Morgan fingerprint density at radius 2 is 1.18 bits per heavy atom. The van der Waals surface area contributed by atoms with Gasteiger partial charge in [-0.2, -0.15) is 0 Å². The highest BCUT2D eigenvalue weighted by Crippen LogP contribution is 2.65. The summed E-state index contributed by atoms with van der Waals surface area (Å²) in [5, 5.41) is 16.1. The van der Waals surface area contributed by atoms with Crippen LogP contribution in [0.2, 0.25) is 0 Å². The first-order valence-corrected chi connectivity index (χ1v) is 14.5. The molecule has 1 atom stereocenters. The molecule has 0 aliphatic carbocycles. The molecule has 40 heavy (non-hydrogen) atoms. The summed E-state index contributed by atoms with van der Waals surface area (Å²) in [5.74, 6) is -4.26. The standard InChI is InChI=1S/C30H29N2O7P/c1-4-38-28(35)24(32-27(34)26(33)31(3)30(32)37)25(29(36)39-5-2)40(21-15-9-6-10-16-21,22-17-11-7-12-18-22)23-19-13-8-14-20-23/h6-20,24H,4-5H2,1-3H3/b29-25-. The molecule has 0 spiro atoms. The topological polar surface area (TPSA) is 116 Å². The van der Waals surface area contributed by atoms with Crippen LogP contribution in [0.5, 0.6) is 0 Å². The fourth-order valence-electron chi connectivity index (χ4n) is 4.83. The number of esters is 1. The summed E-state index contributed by atoms with van der Waals surface area (Å²) >= 11 is 0. The Morgan fingerprint density at radius 3 is 1.52 bits per heavy atom. The van der Waals surface area contributed by atoms with Crippen LogP contribution in [-0.4, -0.2) is 59.9 Å². The average molecular weight is 561 g/mol. The minimum atomic E-state index is -3.36. The second-order valence-electron chi connectivity index (χ2n) is 8.76. The normalized spacial score (nSPS) is 15.1. The minimum absolute atomic E-state index is 0.0447. The highest BCUT2D eigenvalue weighted by Gasteiger charge is 2.60. The van der Waals surface area contributed by atoms with Gasteiger partial charge in [0.1, 0.15) is 28.5 Å². The van der Waals surface area contributed by atoms with Crippen molar-refractivity contribution in [3.05, 3.63) is 102 Å². The number of urea groups is 1. The molecule has 3 aromatic carbocycles. The lowest BCUT2D eigenvalue weighted by Crippen LogP contribution is -2.51. The molecule has 4 rings (SSSR count). The summed E-state index contributed by atoms with van der Waals surface area (Å²) in [6.07, 6.45) is 0. The number of hydrogen-bond acceptors (Lipinski definition) is 7. The Labute approximate surface area is 233 Å². The van der Waals surface area contributed by atoms with E-state index in [4.69, 9.17) is 9.47 Å². The molecule has 1 aliphatic rings. The van der Waals surface area contributed by atoms with Gasteiger partial charge in [0, 0.05) is 7.05 Å². The molecule has 0 bridgehead atoms. The van der Waals surface area contributed by atoms with Crippen LogP contribution < -0.4 is 21.0 Å². The molecular formula is C30H29N2O7P. The molecule has 9 nitrogen and oxygen atoms in total. The van der Waals surface area contributed by atoms with Gasteiger partial charge in [0.25, 0.3) is 0 Å². The third kappa shape index (κ3) is 4.84. The van der Waals surface area contributed by atoms with E-state index in [2.05, 4.69) is 0 Å². The summed E-state index contributed by atoms with van der Waals surface area (Å²) in [6.45, 7) is 3.04. The van der Waals surface area contributed by atoms with Crippen molar-refractivity contribution in [1.82, 2.24) is 9.80 Å². The largest absolute Gasteiger partial charge is 0.611 e. The van der Waals surface area contributed by atoms with Gasteiger partial charge in [-0.05, 0) is 49.9 Å². The molecular weight excluding hydrogens is 531 g/mol. The maximum atomic E-state index is 14.2. The predicted octanol–water partition coefficient (Wildman–Crippen LogP) is 1.90. The zero-order valence-corrected chi connectivity index (χ0v) is 23.2. The van der Waals surface area contributed by atoms with E-state index in [1.54, 1.807) is 13.8 Å². The van der Waals surface area contributed by atoms with E-state index in [9.17, 15) is 24.3 Å². The number of amides is 4. The van der Waals surface area contributed by atoms with Crippen molar-refractivity contribution in [2.24, 2.45) is 0 Å². The summed E-state index contributed by atoms with van der Waals surface area (Å²) in [5.41, 5.74) is 0. The quantitative estimate of drug-likeness (QED) is 0.122. The molecule has 0 aromatic heterocycles. The smallest absolute Gasteiger partial charge is 0.337 e. The van der Waals surface area contributed by atoms with Crippen LogP contribution in [0, 0.1) is 0 Å². The van der Waals surface area contributed by atoms with Crippen LogP contribution in [0.3, 0.4) is 0 Å². The number of imide groups is 2. The van der Waals surface area contributed by atoms with Gasteiger partial charge in [0.05, 0.1) is 12.6 Å². The van der Waals surface area contributed by atoms with Gasteiger partial charge in [-0.25, -0.2) is 14.5 Å². The lowest BCUT2D eigenvalue weighted by molar-refractivity contribution is -0.358. The third-order valence-electron chi connectivity index (χ3n) is 6.50. The van der Waals surface area contributed by atoms with Gasteiger partial charge < -0.3 is 14.6 Å². The number of nitrogens with zero attached hydrogens (tertiary/aromatic N) is 2. The summed E-state index contributed by atoms with van der Waals surface area (Å²) in [7, 11) is -2.22. The van der Waals surface area contributed by atoms with Gasteiger partial charge in [0.2, 0.25) is 0 Å². The molecule has 10 heteroatoms. The maximum absolute atomic E-state index is 14.2. The van der Waals surface area contributed by atoms with E-state index in [1.807, 2.05) is 91.0 Å². The van der Waals surface area contributed by atoms with Crippen molar-refractivity contribution in [2.45, 2.75) is 19.9 Å². The van der Waals surface area contributed by atoms with Gasteiger partial charge in [-0.1, -0.05) is 61.5 Å². The first-order valence-electron chi connectivity index (χ1n) is 12.7. The van der Waals surface area contributed by atoms with E-state index in [0.717, 1.165) is 7.05 Å². The van der Waals surface area contributed by atoms with Crippen molar-refractivity contribution < 1.29 is 33.8 Å². The Balaban J connectivity index is 2.21. The second kappa shape index (κ2) is 12.1. The zero-order valence-electron chi connectivity index (χ0n) is 22.4. The van der Waals surface area contributed by atoms with Crippen LogP contribution in [0.4, 0.5) is 4.79 Å². The van der Waals surface area contributed by atoms with Crippen LogP contribution in [-0.2, 0) is 23.9 Å². The van der Waals surface area contributed by atoms with Crippen LogP contribution in [0.25, 0.3) is 0 Å². The van der Waals surface area contributed by atoms with E-state index in [0.29, 0.717) is 25.7 Å². The highest BCUT2D eigenvalue weighted by molar-refractivity contribution is 7.99. The number of ether oxygens (including phenoxy) is 2. The zero-order chi connectivity index (χ0) is 28.9. The number of carbonyl (C=O) groups is 4. The molecule has 1 fully saturated rings. The molecule has 1 heterocycles. The molecule has 206 valence electrons. The fraction of sp³-hybridized carbons (Fsp3) is 0.200. The van der Waals surface area contributed by atoms with E-state index in [-0.39, 0.29) is 18.5 Å². The lowest BCUT2D eigenvalue weighted by atomic mass is 10.2. The van der Waals surface area contributed by atoms with Crippen LogP contribution in [0.1, 0.15) is 13.8 Å². The highest BCUT2D eigenvalue weighted by atomic mass is 31.2. The predicted molar refractivity (Wildman–Crippen MR) is 149 cm³/mol. The maximum Gasteiger partial charge on any atom is 0.337 e. The Kier molecular flexibility index (Phi) is 8.65. The monoisotopic (exact) mass is 560 g/mol. The molecule has 0 N–H and O–H groups in total. The number of benzene rings is 3. The van der Waals surface area contributed by atoms with Gasteiger partial charge >= 0.3 is 23.8 Å². The molecule has 0 radical (unpaired) electrons. The van der Waals surface area contributed by atoms with Crippen molar-refractivity contribution >= 4 is 47.0 Å². The Morgan fingerprint density at radius 1 is 0.750 bits per heavy atom. The number of carbonyl (C=O) groups excluding carboxylic acids is 4. The summed E-state index contributed by atoms with van der Waals surface area (Å²) < 4.78 is 10.9. The molecule has 1 aliphatic heterocycles. The van der Waals surface area contributed by atoms with Crippen molar-refractivity contribution in [1.29, 1.82) is 0 Å². The molecule has 4 amide bonds. The first kappa shape index (κ1) is 28.5. The van der Waals surface area contributed by atoms with Gasteiger partial charge in [-0.3, -0.25) is 14.5 Å².